The summed E-state index contributed by atoms with van der Waals surface area (Å²) in [5, 5.41) is 3.09. The molecule has 1 aliphatic heterocycles. The highest BCUT2D eigenvalue weighted by Gasteiger charge is 2.30. The lowest BCUT2D eigenvalue weighted by molar-refractivity contribution is 0.293. The van der Waals surface area contributed by atoms with E-state index in [1.807, 2.05) is 7.05 Å². The lowest BCUT2D eigenvalue weighted by atomic mass is 10.1. The van der Waals surface area contributed by atoms with Crippen LogP contribution in [0.4, 0.5) is 0 Å². The van der Waals surface area contributed by atoms with Crippen molar-refractivity contribution in [2.24, 2.45) is 0 Å². The Morgan fingerprint density at radius 1 is 1.19 bits per heavy atom. The second-order valence-electron chi connectivity index (χ2n) is 5.24. The van der Waals surface area contributed by atoms with Crippen molar-refractivity contribution < 1.29 is 16.8 Å². The minimum Gasteiger partial charge on any atom is -0.316 e. The highest BCUT2D eigenvalue weighted by Crippen LogP contribution is 2.22. The number of sulfone groups is 1. The van der Waals surface area contributed by atoms with Crippen LogP contribution in [0.2, 0.25) is 0 Å². The summed E-state index contributed by atoms with van der Waals surface area (Å²) in [6.45, 7) is 0.867. The van der Waals surface area contributed by atoms with Gasteiger partial charge in [0.05, 0.1) is 9.79 Å². The van der Waals surface area contributed by atoms with Crippen LogP contribution in [0.3, 0.4) is 0 Å². The molecule has 118 valence electrons. The average molecular weight is 332 g/mol. The van der Waals surface area contributed by atoms with Crippen LogP contribution in [-0.4, -0.2) is 53.6 Å². The van der Waals surface area contributed by atoms with Crippen LogP contribution < -0.4 is 5.32 Å². The van der Waals surface area contributed by atoms with E-state index >= 15 is 0 Å². The molecule has 0 bridgehead atoms. The molecule has 1 aliphatic rings. The topological polar surface area (TPSA) is 83.6 Å². The Kier molecular flexibility index (Phi) is 4.72. The quantitative estimate of drug-likeness (QED) is 0.866. The molecular weight excluding hydrogens is 312 g/mol. The van der Waals surface area contributed by atoms with Crippen molar-refractivity contribution in [2.45, 2.75) is 28.7 Å². The fourth-order valence-electron chi connectivity index (χ4n) is 2.41. The Balaban J connectivity index is 2.36. The Morgan fingerprint density at radius 2 is 1.86 bits per heavy atom. The molecule has 1 saturated heterocycles. The first-order valence-corrected chi connectivity index (χ1v) is 10.1. The van der Waals surface area contributed by atoms with Gasteiger partial charge in [-0.3, -0.25) is 0 Å². The van der Waals surface area contributed by atoms with Crippen molar-refractivity contribution in [3.05, 3.63) is 24.3 Å². The third kappa shape index (κ3) is 3.63. The third-order valence-electron chi connectivity index (χ3n) is 3.66. The lowest BCUT2D eigenvalue weighted by Gasteiger charge is -2.31. The van der Waals surface area contributed by atoms with E-state index in [1.54, 1.807) is 0 Å². The molecule has 1 atom stereocenters. The summed E-state index contributed by atoms with van der Waals surface area (Å²) >= 11 is 0. The molecule has 0 saturated carbocycles. The molecule has 1 heterocycles. The van der Waals surface area contributed by atoms with Crippen molar-refractivity contribution in [3.8, 4) is 0 Å². The van der Waals surface area contributed by atoms with Crippen molar-refractivity contribution in [3.63, 3.8) is 0 Å². The lowest BCUT2D eigenvalue weighted by Crippen LogP contribution is -2.46. The van der Waals surface area contributed by atoms with Crippen LogP contribution in [0, 0.1) is 0 Å². The number of likely N-dealkylation sites (N-methyl/N-ethyl adjacent to an activating group) is 1. The van der Waals surface area contributed by atoms with Crippen LogP contribution in [0.1, 0.15) is 12.8 Å². The number of hydrogen-bond donors (Lipinski definition) is 1. The third-order valence-corrected chi connectivity index (χ3v) is 6.64. The van der Waals surface area contributed by atoms with Crippen LogP contribution in [-0.2, 0) is 19.9 Å². The smallest absolute Gasteiger partial charge is 0.243 e. The van der Waals surface area contributed by atoms with Gasteiger partial charge in [-0.25, -0.2) is 16.8 Å². The molecule has 0 aromatic heterocycles. The molecular formula is C13H20N2O4S2. The number of benzene rings is 1. The van der Waals surface area contributed by atoms with E-state index in [9.17, 15) is 16.8 Å². The van der Waals surface area contributed by atoms with Gasteiger partial charge in [0.15, 0.2) is 9.84 Å². The van der Waals surface area contributed by atoms with Gasteiger partial charge in [-0.2, -0.15) is 4.31 Å². The van der Waals surface area contributed by atoms with E-state index in [1.165, 1.54) is 28.6 Å². The normalized spacial score (nSPS) is 21.3. The van der Waals surface area contributed by atoms with Crippen molar-refractivity contribution in [1.82, 2.24) is 9.62 Å². The molecule has 1 N–H and O–H groups in total. The van der Waals surface area contributed by atoms with Gasteiger partial charge in [0.2, 0.25) is 10.0 Å². The Morgan fingerprint density at radius 3 is 2.48 bits per heavy atom. The molecule has 0 radical (unpaired) electrons. The second kappa shape index (κ2) is 6.04. The molecule has 8 heteroatoms. The fourth-order valence-corrected chi connectivity index (χ4v) is 4.72. The molecule has 0 amide bonds. The van der Waals surface area contributed by atoms with Crippen LogP contribution >= 0.6 is 0 Å². The fraction of sp³-hybridized carbons (Fsp3) is 0.538. The largest absolute Gasteiger partial charge is 0.316 e. The summed E-state index contributed by atoms with van der Waals surface area (Å²) in [5.74, 6) is 0. The first-order chi connectivity index (χ1) is 9.75. The van der Waals surface area contributed by atoms with Crippen molar-refractivity contribution in [1.29, 1.82) is 0 Å². The van der Waals surface area contributed by atoms with E-state index in [0.29, 0.717) is 13.1 Å². The van der Waals surface area contributed by atoms with E-state index in [-0.39, 0.29) is 15.8 Å². The first kappa shape index (κ1) is 16.4. The summed E-state index contributed by atoms with van der Waals surface area (Å²) in [6, 6.07) is 5.66. The summed E-state index contributed by atoms with van der Waals surface area (Å²) in [7, 11) is -5.28. The number of sulfonamides is 1. The molecule has 0 aliphatic carbocycles. The molecule has 1 fully saturated rings. The average Bonchev–Trinajstić information content (AvgIpc) is 2.46. The number of hydrogen-bond acceptors (Lipinski definition) is 5. The van der Waals surface area contributed by atoms with E-state index in [2.05, 4.69) is 5.32 Å². The van der Waals surface area contributed by atoms with Gasteiger partial charge in [0.25, 0.3) is 0 Å². The Hall–Kier alpha value is -0.960. The summed E-state index contributed by atoms with van der Waals surface area (Å²) in [4.78, 5) is 0.0490. The van der Waals surface area contributed by atoms with Gasteiger partial charge in [-0.1, -0.05) is 6.07 Å². The van der Waals surface area contributed by atoms with Crippen LogP contribution in [0.15, 0.2) is 34.1 Å². The van der Waals surface area contributed by atoms with Crippen LogP contribution in [0.25, 0.3) is 0 Å². The van der Waals surface area contributed by atoms with Gasteiger partial charge in [0, 0.05) is 25.4 Å². The Bertz CT molecular complexity index is 713. The van der Waals surface area contributed by atoms with Crippen LogP contribution in [0.5, 0.6) is 0 Å². The zero-order valence-electron chi connectivity index (χ0n) is 12.1. The molecule has 1 aromatic rings. The van der Waals surface area contributed by atoms with Crippen molar-refractivity contribution in [2.75, 3.05) is 26.4 Å². The number of nitrogens with zero attached hydrogens (tertiary/aromatic N) is 1. The molecule has 0 spiro atoms. The van der Waals surface area contributed by atoms with Crippen molar-refractivity contribution >= 4 is 19.9 Å². The number of rotatable bonds is 4. The predicted octanol–water partition coefficient (Wildman–Crippen LogP) is 0.463. The molecule has 1 aromatic carbocycles. The van der Waals surface area contributed by atoms with E-state index in [0.717, 1.165) is 19.1 Å². The monoisotopic (exact) mass is 332 g/mol. The standard InChI is InChI=1S/C13H20N2O4S2/c1-14-11-5-4-8-15(10-11)21(18,19)13-7-3-6-12(9-13)20(2,16)17/h3,6-7,9,11,14H,4-5,8,10H2,1-2H3. The Labute approximate surface area is 126 Å². The second-order valence-corrected chi connectivity index (χ2v) is 9.19. The summed E-state index contributed by atoms with van der Waals surface area (Å²) < 4.78 is 49.8. The predicted molar refractivity (Wildman–Crippen MR) is 80.4 cm³/mol. The maximum absolute atomic E-state index is 12.6. The van der Waals surface area contributed by atoms with Gasteiger partial charge >= 0.3 is 0 Å². The van der Waals surface area contributed by atoms with Gasteiger partial charge in [-0.05, 0) is 38.1 Å². The minimum absolute atomic E-state index is 0.0192. The zero-order valence-corrected chi connectivity index (χ0v) is 13.7. The number of piperidine rings is 1. The first-order valence-electron chi connectivity index (χ1n) is 6.72. The molecule has 6 nitrogen and oxygen atoms in total. The molecule has 1 unspecified atom stereocenters. The SMILES string of the molecule is CNC1CCCN(S(=O)(=O)c2cccc(S(C)(=O)=O)c2)C1. The van der Waals surface area contributed by atoms with E-state index < -0.39 is 19.9 Å². The van der Waals surface area contributed by atoms with Gasteiger partial charge in [0.1, 0.15) is 0 Å². The highest BCUT2D eigenvalue weighted by atomic mass is 32.2. The van der Waals surface area contributed by atoms with Gasteiger partial charge < -0.3 is 5.32 Å². The molecule has 2 rings (SSSR count). The van der Waals surface area contributed by atoms with Gasteiger partial charge in [-0.15, -0.1) is 0 Å². The maximum atomic E-state index is 12.6. The highest BCUT2D eigenvalue weighted by molar-refractivity contribution is 7.91. The summed E-state index contributed by atoms with van der Waals surface area (Å²) in [5.41, 5.74) is 0. The van der Waals surface area contributed by atoms with E-state index in [4.69, 9.17) is 0 Å². The summed E-state index contributed by atoms with van der Waals surface area (Å²) in [6.07, 6.45) is 2.79. The number of nitrogens with one attached hydrogen (secondary N) is 1. The zero-order chi connectivity index (χ0) is 15.7. The molecule has 21 heavy (non-hydrogen) atoms. The minimum atomic E-state index is -3.66. The maximum Gasteiger partial charge on any atom is 0.243 e.